The molecule has 2 aromatic carbocycles. The van der Waals surface area contributed by atoms with Gasteiger partial charge in [-0.2, -0.15) is 0 Å². The molecule has 4 aliphatic carbocycles. The van der Waals surface area contributed by atoms with Crippen molar-refractivity contribution >= 4 is 36.7 Å². The number of allylic oxidation sites excluding steroid dienone is 7. The van der Waals surface area contributed by atoms with Gasteiger partial charge in [-0.25, -0.2) is 0 Å². The third-order valence-electron chi connectivity index (χ3n) is 12.8. The van der Waals surface area contributed by atoms with Gasteiger partial charge in [0.1, 0.15) is 5.82 Å². The molecule has 3 unspecified atom stereocenters. The van der Waals surface area contributed by atoms with Crippen molar-refractivity contribution in [3.05, 3.63) is 110 Å². The Labute approximate surface area is 320 Å². The van der Waals surface area contributed by atoms with Gasteiger partial charge in [0.2, 0.25) is 0 Å². The molecule has 0 bridgehead atoms. The van der Waals surface area contributed by atoms with Crippen LogP contribution in [0, 0.1) is 41.5 Å². The van der Waals surface area contributed by atoms with Gasteiger partial charge in [-0.15, -0.1) is 23.2 Å². The summed E-state index contributed by atoms with van der Waals surface area (Å²) in [5, 5.41) is 7.63. The van der Waals surface area contributed by atoms with Gasteiger partial charge in [0, 0.05) is 18.7 Å². The second-order valence-electron chi connectivity index (χ2n) is 16.7. The van der Waals surface area contributed by atoms with Crippen LogP contribution in [0.2, 0.25) is 0 Å². The molecule has 0 radical (unpaired) electrons. The number of rotatable bonds is 6. The third kappa shape index (κ3) is 7.06. The van der Waals surface area contributed by atoms with Crippen molar-refractivity contribution in [2.45, 2.75) is 152 Å². The molecule has 2 aromatic rings. The highest BCUT2D eigenvalue weighted by Gasteiger charge is 2.52. The first-order chi connectivity index (χ1) is 24.5. The third-order valence-corrected chi connectivity index (χ3v) is 18.1. The Morgan fingerprint density at radius 1 is 0.706 bits per heavy atom. The van der Waals surface area contributed by atoms with Crippen LogP contribution in [0.15, 0.2) is 65.5 Å². The molecule has 0 amide bonds. The van der Waals surface area contributed by atoms with Gasteiger partial charge in [0.25, 0.3) is 0 Å². The fourth-order valence-corrected chi connectivity index (χ4v) is 17.3. The van der Waals surface area contributed by atoms with Crippen LogP contribution in [-0.4, -0.2) is 34.4 Å². The van der Waals surface area contributed by atoms with Crippen LogP contribution >= 0.6 is 31.1 Å². The SMILES string of the molecule is Cc1cc(C)c(C2=CC=CC(C=C3C(Cl)CCCC3(Cl)P(C3CCCCC3)C3CCCCC3)(c3c(C)cc(C)cc3C)C2=C2NCCN2)c(C)c1. The summed E-state index contributed by atoms with van der Waals surface area (Å²) in [6, 6.07) is 9.48. The van der Waals surface area contributed by atoms with E-state index in [1.54, 1.807) is 0 Å². The highest BCUT2D eigenvalue weighted by atomic mass is 35.5. The Morgan fingerprint density at radius 2 is 1.24 bits per heavy atom. The first-order valence-corrected chi connectivity index (χ1v) is 22.5. The predicted molar refractivity (Wildman–Crippen MR) is 224 cm³/mol. The Morgan fingerprint density at radius 3 is 1.78 bits per heavy atom. The van der Waals surface area contributed by atoms with Crippen LogP contribution in [0.25, 0.3) is 5.57 Å². The molecule has 7 rings (SSSR count). The van der Waals surface area contributed by atoms with Crippen LogP contribution in [0.5, 0.6) is 0 Å². The van der Waals surface area contributed by atoms with Gasteiger partial charge in [-0.1, -0.05) is 106 Å². The molecule has 5 heteroatoms. The number of benzene rings is 2. The Kier molecular flexibility index (Phi) is 11.3. The first kappa shape index (κ1) is 37.3. The van der Waals surface area contributed by atoms with Crippen molar-refractivity contribution in [3.63, 3.8) is 0 Å². The van der Waals surface area contributed by atoms with Crippen molar-refractivity contribution in [2.24, 2.45) is 0 Å². The molecule has 2 nitrogen and oxygen atoms in total. The lowest BCUT2D eigenvalue weighted by atomic mass is 9.63. The summed E-state index contributed by atoms with van der Waals surface area (Å²) in [6.45, 7) is 15.5. The van der Waals surface area contributed by atoms with Crippen molar-refractivity contribution in [2.75, 3.05) is 13.1 Å². The van der Waals surface area contributed by atoms with Gasteiger partial charge in [0.05, 0.1) is 15.4 Å². The normalized spacial score (nSPS) is 28.7. The van der Waals surface area contributed by atoms with Gasteiger partial charge in [0.15, 0.2) is 0 Å². The average Bonchev–Trinajstić information content (AvgIpc) is 3.61. The van der Waals surface area contributed by atoms with Crippen molar-refractivity contribution in [1.29, 1.82) is 0 Å². The number of hydrogen-bond donors (Lipinski definition) is 2. The molecular formula is C46H61Cl2N2P. The van der Waals surface area contributed by atoms with Crippen LogP contribution < -0.4 is 10.6 Å². The summed E-state index contributed by atoms with van der Waals surface area (Å²) in [5.41, 5.74) is 15.5. The monoisotopic (exact) mass is 742 g/mol. The molecule has 3 atom stereocenters. The van der Waals surface area contributed by atoms with E-state index in [1.165, 1.54) is 125 Å². The van der Waals surface area contributed by atoms with Crippen LogP contribution in [0.3, 0.4) is 0 Å². The van der Waals surface area contributed by atoms with Crippen molar-refractivity contribution < 1.29 is 0 Å². The number of alkyl halides is 2. The summed E-state index contributed by atoms with van der Waals surface area (Å²) in [4.78, 5) is 0. The van der Waals surface area contributed by atoms with Gasteiger partial charge >= 0.3 is 0 Å². The lowest BCUT2D eigenvalue weighted by molar-refractivity contribution is 0.471. The molecule has 274 valence electrons. The minimum atomic E-state index is -0.560. The zero-order valence-corrected chi connectivity index (χ0v) is 34.6. The fraction of sp³-hybridized carbons (Fsp3) is 0.565. The highest BCUT2D eigenvalue weighted by molar-refractivity contribution is 7.63. The smallest absolute Gasteiger partial charge is 0.104 e. The van der Waals surface area contributed by atoms with E-state index < -0.39 is 13.3 Å². The van der Waals surface area contributed by atoms with Gasteiger partial charge < -0.3 is 10.6 Å². The topological polar surface area (TPSA) is 24.1 Å². The summed E-state index contributed by atoms with van der Waals surface area (Å²) in [6.07, 6.45) is 26.6. The molecule has 4 fully saturated rings. The zero-order valence-electron chi connectivity index (χ0n) is 32.2. The van der Waals surface area contributed by atoms with Crippen LogP contribution in [0.1, 0.15) is 128 Å². The Hall–Kier alpha value is -1.99. The largest absolute Gasteiger partial charge is 0.370 e. The van der Waals surface area contributed by atoms with Gasteiger partial charge in [-0.05, 0) is 142 Å². The lowest BCUT2D eigenvalue weighted by Gasteiger charge is -2.52. The summed E-state index contributed by atoms with van der Waals surface area (Å²) in [5.74, 6) is 1.14. The lowest BCUT2D eigenvalue weighted by Crippen LogP contribution is -2.41. The summed E-state index contributed by atoms with van der Waals surface area (Å²) in [7, 11) is -0.468. The molecule has 1 saturated heterocycles. The minimum Gasteiger partial charge on any atom is -0.370 e. The number of aryl methyl sites for hydroxylation is 6. The van der Waals surface area contributed by atoms with Crippen molar-refractivity contribution in [3.8, 4) is 0 Å². The van der Waals surface area contributed by atoms with E-state index in [-0.39, 0.29) is 9.99 Å². The molecule has 3 saturated carbocycles. The van der Waals surface area contributed by atoms with E-state index in [0.717, 1.165) is 49.5 Å². The maximum atomic E-state index is 8.56. The Balaban J connectivity index is 1.53. The number of halogens is 2. The zero-order chi connectivity index (χ0) is 35.9. The standard InChI is InChI=1S/C46H61Cl2N2P/c1-30-25-32(3)41(33(4)26-30)38-19-13-21-45(43(38)44-49-23-24-50-44,42-34(5)27-31(2)28-35(42)6)29-39-40(47)20-14-22-46(39,48)51(36-15-9-7-10-16-36)37-17-11-8-12-18-37/h13,19,21,25-29,36-37,40,49-50H,7-12,14-18,20,22-24H2,1-6H3. The van der Waals surface area contributed by atoms with E-state index in [2.05, 4.69) is 101 Å². The molecule has 2 N–H and O–H groups in total. The van der Waals surface area contributed by atoms with Crippen LogP contribution in [0.4, 0.5) is 0 Å². The first-order valence-electron chi connectivity index (χ1n) is 20.2. The fourth-order valence-electron chi connectivity index (χ4n) is 11.1. The van der Waals surface area contributed by atoms with E-state index in [4.69, 9.17) is 23.2 Å². The molecule has 51 heavy (non-hydrogen) atoms. The van der Waals surface area contributed by atoms with E-state index in [0.29, 0.717) is 0 Å². The molecule has 0 spiro atoms. The second-order valence-corrected chi connectivity index (χ2v) is 21.1. The predicted octanol–water partition coefficient (Wildman–Crippen LogP) is 12.6. The minimum absolute atomic E-state index is 0.0716. The van der Waals surface area contributed by atoms with E-state index >= 15 is 0 Å². The molecule has 5 aliphatic rings. The van der Waals surface area contributed by atoms with Crippen molar-refractivity contribution in [1.82, 2.24) is 10.6 Å². The molecule has 1 aliphatic heterocycles. The van der Waals surface area contributed by atoms with Gasteiger partial charge in [-0.3, -0.25) is 0 Å². The quantitative estimate of drug-likeness (QED) is 0.175. The van der Waals surface area contributed by atoms with E-state index in [1.807, 2.05) is 0 Å². The number of nitrogens with one attached hydrogen (secondary N) is 2. The van der Waals surface area contributed by atoms with E-state index in [9.17, 15) is 0 Å². The highest BCUT2D eigenvalue weighted by Crippen LogP contribution is 2.71. The average molecular weight is 744 g/mol. The summed E-state index contributed by atoms with van der Waals surface area (Å²) < 4.78 is -0.388. The second kappa shape index (κ2) is 15.4. The maximum Gasteiger partial charge on any atom is 0.104 e. The maximum absolute atomic E-state index is 8.56. The molecule has 0 aromatic heterocycles. The Bertz CT molecular complexity index is 1680. The summed E-state index contributed by atoms with van der Waals surface area (Å²) >= 11 is 16.3. The number of hydrogen-bond acceptors (Lipinski definition) is 2. The van der Waals surface area contributed by atoms with Crippen LogP contribution in [-0.2, 0) is 5.41 Å². The molecular weight excluding hydrogens is 682 g/mol. The molecule has 1 heterocycles.